The fraction of sp³-hybridized carbons (Fsp3) is 0.222. The molecule has 0 radical (unpaired) electrons. The summed E-state index contributed by atoms with van der Waals surface area (Å²) in [5, 5.41) is 11.8. The molecule has 3 aromatic rings. The van der Waals surface area contributed by atoms with Crippen molar-refractivity contribution in [3.8, 4) is 11.4 Å². The van der Waals surface area contributed by atoms with E-state index in [2.05, 4.69) is 20.5 Å². The van der Waals surface area contributed by atoms with Crippen LogP contribution in [0.3, 0.4) is 0 Å². The van der Waals surface area contributed by atoms with Gasteiger partial charge in [-0.2, -0.15) is 0 Å². The van der Waals surface area contributed by atoms with E-state index in [1.165, 1.54) is 11.8 Å². The van der Waals surface area contributed by atoms with Crippen LogP contribution in [-0.4, -0.2) is 38.5 Å². The number of pyridine rings is 1. The number of benzene rings is 1. The number of ether oxygens (including phenoxy) is 1. The van der Waals surface area contributed by atoms with Gasteiger partial charge in [-0.15, -0.1) is 10.2 Å². The van der Waals surface area contributed by atoms with Crippen molar-refractivity contribution < 1.29 is 9.53 Å². The van der Waals surface area contributed by atoms with Crippen molar-refractivity contribution in [1.82, 2.24) is 19.7 Å². The molecule has 0 spiro atoms. The molecule has 2 heterocycles. The number of nitrogens with zero attached hydrogens (tertiary/aromatic N) is 4. The monoisotopic (exact) mass is 369 g/mol. The highest BCUT2D eigenvalue weighted by atomic mass is 32.2. The average Bonchev–Trinajstić information content (AvgIpc) is 3.02. The molecule has 3 rings (SSSR count). The van der Waals surface area contributed by atoms with Gasteiger partial charge in [0.2, 0.25) is 5.91 Å². The molecule has 0 saturated heterocycles. The minimum absolute atomic E-state index is 0.118. The number of carbonyl (C=O) groups excluding carboxylic acids is 1. The first kappa shape index (κ1) is 17.9. The van der Waals surface area contributed by atoms with Gasteiger partial charge in [-0.1, -0.05) is 11.8 Å². The Morgan fingerprint density at radius 3 is 2.65 bits per heavy atom. The van der Waals surface area contributed by atoms with Crippen LogP contribution in [0.2, 0.25) is 0 Å². The van der Waals surface area contributed by atoms with Crippen LogP contribution in [0.1, 0.15) is 11.4 Å². The number of methoxy groups -OCH3 is 1. The Balaban J connectivity index is 1.70. The maximum absolute atomic E-state index is 12.2. The summed E-state index contributed by atoms with van der Waals surface area (Å²) >= 11 is 1.33. The van der Waals surface area contributed by atoms with Crippen molar-refractivity contribution in [2.45, 2.75) is 19.0 Å². The summed E-state index contributed by atoms with van der Waals surface area (Å²) in [5.74, 6) is 1.64. The molecule has 1 amide bonds. The minimum atomic E-state index is -0.118. The lowest BCUT2D eigenvalue weighted by Gasteiger charge is -2.10. The highest BCUT2D eigenvalue weighted by molar-refractivity contribution is 7.99. The quantitative estimate of drug-likeness (QED) is 0.673. The van der Waals surface area contributed by atoms with Gasteiger partial charge < -0.3 is 10.1 Å². The summed E-state index contributed by atoms with van der Waals surface area (Å²) in [7, 11) is 1.63. The van der Waals surface area contributed by atoms with Gasteiger partial charge in [-0.05, 0) is 49.7 Å². The molecule has 0 bridgehead atoms. The predicted octanol–water partition coefficient (Wildman–Crippen LogP) is 3.02. The van der Waals surface area contributed by atoms with E-state index in [0.717, 1.165) is 22.8 Å². The van der Waals surface area contributed by atoms with Gasteiger partial charge in [0, 0.05) is 11.9 Å². The second-order valence-corrected chi connectivity index (χ2v) is 6.53. The topological polar surface area (TPSA) is 81.9 Å². The summed E-state index contributed by atoms with van der Waals surface area (Å²) < 4.78 is 7.10. The normalized spacial score (nSPS) is 10.6. The lowest BCUT2D eigenvalue weighted by atomic mass is 10.2. The molecule has 134 valence electrons. The van der Waals surface area contributed by atoms with Crippen molar-refractivity contribution >= 4 is 23.4 Å². The van der Waals surface area contributed by atoms with E-state index in [4.69, 9.17) is 4.74 Å². The number of amides is 1. The number of thioether (sulfide) groups is 1. The first-order valence-electron chi connectivity index (χ1n) is 7.98. The molecule has 1 aromatic carbocycles. The Hall–Kier alpha value is -2.87. The van der Waals surface area contributed by atoms with E-state index < -0.39 is 0 Å². The maximum atomic E-state index is 12.2. The van der Waals surface area contributed by atoms with E-state index in [0.29, 0.717) is 10.8 Å². The molecular formula is C18H19N5O2S. The molecule has 0 unspecified atom stereocenters. The van der Waals surface area contributed by atoms with Crippen LogP contribution >= 0.6 is 11.8 Å². The van der Waals surface area contributed by atoms with E-state index in [-0.39, 0.29) is 11.7 Å². The molecule has 0 atom stereocenters. The van der Waals surface area contributed by atoms with Gasteiger partial charge >= 0.3 is 0 Å². The third kappa shape index (κ3) is 4.02. The number of hydrogen-bond donors (Lipinski definition) is 1. The van der Waals surface area contributed by atoms with Crippen molar-refractivity contribution in [2.75, 3.05) is 18.2 Å². The molecule has 0 fully saturated rings. The summed E-state index contributed by atoms with van der Waals surface area (Å²) in [6.45, 7) is 3.80. The Labute approximate surface area is 155 Å². The molecule has 7 nitrogen and oxygen atoms in total. The first-order chi connectivity index (χ1) is 12.6. The lowest BCUT2D eigenvalue weighted by molar-refractivity contribution is -0.113. The highest BCUT2D eigenvalue weighted by Crippen LogP contribution is 2.23. The average molecular weight is 369 g/mol. The van der Waals surface area contributed by atoms with E-state index in [9.17, 15) is 4.79 Å². The van der Waals surface area contributed by atoms with Gasteiger partial charge in [-0.25, -0.2) is 0 Å². The number of aromatic nitrogens is 4. The van der Waals surface area contributed by atoms with Crippen LogP contribution in [0.25, 0.3) is 5.69 Å². The Bertz CT molecular complexity index is 908. The fourth-order valence-electron chi connectivity index (χ4n) is 2.38. The zero-order valence-electron chi connectivity index (χ0n) is 14.8. The number of nitrogens with one attached hydrogen (secondary N) is 1. The lowest BCUT2D eigenvalue weighted by Crippen LogP contribution is -2.15. The van der Waals surface area contributed by atoms with Gasteiger partial charge in [0.1, 0.15) is 11.6 Å². The Kier molecular flexibility index (Phi) is 5.52. The SMILES string of the molecule is COc1ccc(-n2c(C)nnc2SCC(=O)Nc2cnccc2C)cc1. The minimum Gasteiger partial charge on any atom is -0.497 e. The number of anilines is 1. The van der Waals surface area contributed by atoms with Crippen LogP contribution in [-0.2, 0) is 4.79 Å². The standard InChI is InChI=1S/C18H19N5O2S/c1-12-8-9-19-10-16(12)20-17(24)11-26-18-22-21-13(2)23(18)14-4-6-15(25-3)7-5-14/h4-10H,11H2,1-3H3,(H,20,24). The van der Waals surface area contributed by atoms with Crippen LogP contribution in [0.4, 0.5) is 5.69 Å². The van der Waals surface area contributed by atoms with Crippen LogP contribution in [0.15, 0.2) is 47.9 Å². The van der Waals surface area contributed by atoms with Gasteiger partial charge in [0.15, 0.2) is 5.16 Å². The number of hydrogen-bond acceptors (Lipinski definition) is 6. The van der Waals surface area contributed by atoms with E-state index in [1.807, 2.05) is 48.7 Å². The van der Waals surface area contributed by atoms with E-state index >= 15 is 0 Å². The fourth-order valence-corrected chi connectivity index (χ4v) is 3.17. The van der Waals surface area contributed by atoms with Crippen LogP contribution < -0.4 is 10.1 Å². The smallest absolute Gasteiger partial charge is 0.234 e. The van der Waals surface area contributed by atoms with Crippen LogP contribution in [0.5, 0.6) is 5.75 Å². The van der Waals surface area contributed by atoms with E-state index in [1.54, 1.807) is 19.5 Å². The van der Waals surface area contributed by atoms with Crippen molar-refractivity contribution in [3.05, 3.63) is 54.1 Å². The third-order valence-electron chi connectivity index (χ3n) is 3.77. The summed E-state index contributed by atoms with van der Waals surface area (Å²) in [5.41, 5.74) is 2.60. The molecule has 2 aromatic heterocycles. The maximum Gasteiger partial charge on any atom is 0.234 e. The Morgan fingerprint density at radius 1 is 1.19 bits per heavy atom. The molecule has 0 aliphatic carbocycles. The first-order valence-corrected chi connectivity index (χ1v) is 8.96. The second kappa shape index (κ2) is 8.01. The largest absolute Gasteiger partial charge is 0.497 e. The molecule has 8 heteroatoms. The molecule has 26 heavy (non-hydrogen) atoms. The predicted molar refractivity (Wildman–Crippen MR) is 101 cm³/mol. The number of rotatable bonds is 6. The number of carbonyl (C=O) groups is 1. The third-order valence-corrected chi connectivity index (χ3v) is 4.70. The van der Waals surface area contributed by atoms with Gasteiger partial charge in [0.25, 0.3) is 0 Å². The molecule has 0 aliphatic heterocycles. The van der Waals surface area contributed by atoms with Crippen molar-refractivity contribution in [1.29, 1.82) is 0 Å². The molecular weight excluding hydrogens is 350 g/mol. The Morgan fingerprint density at radius 2 is 1.96 bits per heavy atom. The highest BCUT2D eigenvalue weighted by Gasteiger charge is 2.14. The molecule has 0 saturated carbocycles. The molecule has 0 aliphatic rings. The number of aryl methyl sites for hydroxylation is 2. The summed E-state index contributed by atoms with van der Waals surface area (Å²) in [6, 6.07) is 9.46. The zero-order valence-corrected chi connectivity index (χ0v) is 15.6. The van der Waals surface area contributed by atoms with Crippen molar-refractivity contribution in [2.24, 2.45) is 0 Å². The van der Waals surface area contributed by atoms with Gasteiger partial charge in [-0.3, -0.25) is 14.3 Å². The summed E-state index contributed by atoms with van der Waals surface area (Å²) in [4.78, 5) is 16.3. The van der Waals surface area contributed by atoms with Crippen LogP contribution in [0, 0.1) is 13.8 Å². The second-order valence-electron chi connectivity index (χ2n) is 5.59. The zero-order chi connectivity index (χ0) is 18.5. The molecule has 1 N–H and O–H groups in total. The van der Waals surface area contributed by atoms with Gasteiger partial charge in [0.05, 0.1) is 24.7 Å². The summed E-state index contributed by atoms with van der Waals surface area (Å²) in [6.07, 6.45) is 3.34. The van der Waals surface area contributed by atoms with Crippen molar-refractivity contribution in [3.63, 3.8) is 0 Å².